The average Bonchev–Trinajstić information content (AvgIpc) is 2.92. The topological polar surface area (TPSA) is 64.0 Å². The number of aromatic nitrogens is 1. The highest BCUT2D eigenvalue weighted by atomic mass is 16.5. The molecule has 0 radical (unpaired) electrons. The van der Waals surface area contributed by atoms with E-state index in [4.69, 9.17) is 14.5 Å². The standard InChI is InChI=1S/C24H23N3O3/c1-5-29-22(28)16-13-18-21(20-15(16)9-8-12-25-20)30-24(14-26-18)23(2,3)17-10-6-7-11-19(17)27(24)4/h6-14H,5H2,1-4H3. The zero-order chi connectivity index (χ0) is 21.1. The minimum absolute atomic E-state index is 0.303. The molecule has 0 saturated carbocycles. The molecule has 0 N–H and O–H groups in total. The number of esters is 1. The molecule has 1 unspecified atom stereocenters. The predicted octanol–water partition coefficient (Wildman–Crippen LogP) is 4.63. The molecule has 1 aromatic heterocycles. The van der Waals surface area contributed by atoms with Crippen LogP contribution in [-0.2, 0) is 10.2 Å². The highest BCUT2D eigenvalue weighted by Crippen LogP contribution is 2.54. The quantitative estimate of drug-likeness (QED) is 0.586. The van der Waals surface area contributed by atoms with Gasteiger partial charge < -0.3 is 14.4 Å². The first kappa shape index (κ1) is 18.6. The van der Waals surface area contributed by atoms with Gasteiger partial charge in [0.25, 0.3) is 0 Å². The van der Waals surface area contributed by atoms with Crippen LogP contribution in [0.1, 0.15) is 36.7 Å². The molecule has 152 valence electrons. The molecule has 0 saturated heterocycles. The van der Waals surface area contributed by atoms with Crippen LogP contribution in [0.25, 0.3) is 10.9 Å². The normalized spacial score (nSPS) is 20.7. The minimum atomic E-state index is -0.806. The molecule has 0 bridgehead atoms. The summed E-state index contributed by atoms with van der Waals surface area (Å²) in [5, 5.41) is 0.693. The summed E-state index contributed by atoms with van der Waals surface area (Å²) in [5.74, 6) is 0.188. The van der Waals surface area contributed by atoms with Gasteiger partial charge in [-0.1, -0.05) is 24.3 Å². The van der Waals surface area contributed by atoms with Gasteiger partial charge in [0.05, 0.1) is 23.8 Å². The Labute approximate surface area is 175 Å². The molecule has 6 nitrogen and oxygen atoms in total. The van der Waals surface area contributed by atoms with E-state index in [0.29, 0.717) is 34.5 Å². The summed E-state index contributed by atoms with van der Waals surface area (Å²) < 4.78 is 12.0. The van der Waals surface area contributed by atoms with Crippen molar-refractivity contribution in [3.05, 3.63) is 59.8 Å². The maximum Gasteiger partial charge on any atom is 0.338 e. The Bertz CT molecular complexity index is 1220. The van der Waals surface area contributed by atoms with E-state index < -0.39 is 5.72 Å². The molecule has 2 aliphatic rings. The predicted molar refractivity (Wildman–Crippen MR) is 117 cm³/mol. The lowest BCUT2D eigenvalue weighted by molar-refractivity contribution is 0.0528. The maximum atomic E-state index is 12.5. The molecule has 0 amide bonds. The van der Waals surface area contributed by atoms with Crippen molar-refractivity contribution in [1.29, 1.82) is 0 Å². The molecular weight excluding hydrogens is 378 g/mol. The fourth-order valence-corrected chi connectivity index (χ4v) is 4.65. The van der Waals surface area contributed by atoms with E-state index in [-0.39, 0.29) is 11.4 Å². The summed E-state index contributed by atoms with van der Waals surface area (Å²) in [7, 11) is 2.02. The first-order chi connectivity index (χ1) is 14.4. The molecule has 1 atom stereocenters. The Balaban J connectivity index is 1.72. The van der Waals surface area contributed by atoms with Crippen LogP contribution in [0.4, 0.5) is 11.4 Å². The van der Waals surface area contributed by atoms with Gasteiger partial charge >= 0.3 is 5.97 Å². The van der Waals surface area contributed by atoms with Crippen molar-refractivity contribution in [2.45, 2.75) is 31.9 Å². The number of anilines is 1. The number of nitrogens with zero attached hydrogens (tertiary/aromatic N) is 3. The molecule has 5 rings (SSSR count). The number of para-hydroxylation sites is 1. The Morgan fingerprint density at radius 1 is 1.20 bits per heavy atom. The molecule has 0 fully saturated rings. The van der Waals surface area contributed by atoms with Gasteiger partial charge in [0.2, 0.25) is 5.72 Å². The number of rotatable bonds is 2. The number of likely N-dealkylation sites (N-methyl/N-ethyl adjacent to an activating group) is 1. The van der Waals surface area contributed by atoms with Gasteiger partial charge in [-0.2, -0.15) is 0 Å². The molecule has 3 heterocycles. The Morgan fingerprint density at radius 2 is 2.00 bits per heavy atom. The number of carbonyl (C=O) groups excluding carboxylic acids is 1. The highest BCUT2D eigenvalue weighted by Gasteiger charge is 2.58. The van der Waals surface area contributed by atoms with Crippen molar-refractivity contribution in [2.24, 2.45) is 4.99 Å². The van der Waals surface area contributed by atoms with Gasteiger partial charge in [-0.3, -0.25) is 9.98 Å². The van der Waals surface area contributed by atoms with Crippen LogP contribution < -0.4 is 9.64 Å². The average molecular weight is 401 g/mol. The van der Waals surface area contributed by atoms with E-state index in [2.05, 4.69) is 35.9 Å². The van der Waals surface area contributed by atoms with Crippen molar-refractivity contribution < 1.29 is 14.3 Å². The summed E-state index contributed by atoms with van der Waals surface area (Å²) >= 11 is 0. The number of ether oxygens (including phenoxy) is 2. The van der Waals surface area contributed by atoms with Gasteiger partial charge in [-0.05, 0) is 44.5 Å². The van der Waals surface area contributed by atoms with Crippen LogP contribution in [0.5, 0.6) is 5.75 Å². The Kier molecular flexibility index (Phi) is 3.90. The molecule has 3 aromatic rings. The van der Waals surface area contributed by atoms with Gasteiger partial charge in [-0.25, -0.2) is 4.79 Å². The lowest BCUT2D eigenvalue weighted by atomic mass is 9.77. The SMILES string of the molecule is CCOC(=O)c1cc2c(c3ncccc13)OC1(C=N2)N(C)c2ccccc2C1(C)C. The lowest BCUT2D eigenvalue weighted by Gasteiger charge is -2.45. The number of hydrogen-bond acceptors (Lipinski definition) is 6. The first-order valence-electron chi connectivity index (χ1n) is 10.1. The summed E-state index contributed by atoms with van der Waals surface area (Å²) in [6.07, 6.45) is 3.54. The van der Waals surface area contributed by atoms with Crippen LogP contribution in [0.2, 0.25) is 0 Å². The molecule has 0 aliphatic carbocycles. The number of pyridine rings is 1. The fraction of sp³-hybridized carbons (Fsp3) is 0.292. The number of aliphatic imine (C=N–C) groups is 1. The van der Waals surface area contributed by atoms with Crippen LogP contribution in [0.15, 0.2) is 53.7 Å². The number of fused-ring (bicyclic) bond motifs is 4. The smallest absolute Gasteiger partial charge is 0.338 e. The third-order valence-corrected chi connectivity index (χ3v) is 6.29. The van der Waals surface area contributed by atoms with E-state index in [0.717, 1.165) is 5.69 Å². The third kappa shape index (κ3) is 2.27. The summed E-state index contributed by atoms with van der Waals surface area (Å²) in [6, 6.07) is 13.7. The molecule has 1 spiro atoms. The van der Waals surface area contributed by atoms with Gasteiger partial charge in [0, 0.05) is 24.3 Å². The van der Waals surface area contributed by atoms with Gasteiger partial charge in [0.15, 0.2) is 5.75 Å². The van der Waals surface area contributed by atoms with Crippen LogP contribution in [-0.4, -0.2) is 36.5 Å². The van der Waals surface area contributed by atoms with Crippen molar-refractivity contribution >= 4 is 34.5 Å². The van der Waals surface area contributed by atoms with Crippen molar-refractivity contribution in [1.82, 2.24) is 4.98 Å². The van der Waals surface area contributed by atoms with E-state index in [1.54, 1.807) is 25.3 Å². The van der Waals surface area contributed by atoms with E-state index >= 15 is 0 Å². The zero-order valence-electron chi connectivity index (χ0n) is 17.5. The monoisotopic (exact) mass is 401 g/mol. The van der Waals surface area contributed by atoms with Crippen molar-refractivity contribution in [3.8, 4) is 5.75 Å². The van der Waals surface area contributed by atoms with E-state index in [1.165, 1.54) is 5.56 Å². The first-order valence-corrected chi connectivity index (χ1v) is 10.1. The largest absolute Gasteiger partial charge is 0.462 e. The molecule has 30 heavy (non-hydrogen) atoms. The second-order valence-corrected chi connectivity index (χ2v) is 8.15. The number of benzene rings is 2. The van der Waals surface area contributed by atoms with Gasteiger partial charge in [0.1, 0.15) is 11.2 Å². The Hall–Kier alpha value is -3.41. The number of carbonyl (C=O) groups is 1. The van der Waals surface area contributed by atoms with E-state index in [1.807, 2.05) is 31.5 Å². The maximum absolute atomic E-state index is 12.5. The van der Waals surface area contributed by atoms with Crippen molar-refractivity contribution in [2.75, 3.05) is 18.6 Å². The highest BCUT2D eigenvalue weighted by molar-refractivity contribution is 6.08. The lowest BCUT2D eigenvalue weighted by Crippen LogP contribution is -2.61. The van der Waals surface area contributed by atoms with Gasteiger partial charge in [-0.15, -0.1) is 0 Å². The fourth-order valence-electron chi connectivity index (χ4n) is 4.65. The van der Waals surface area contributed by atoms with Crippen LogP contribution in [0.3, 0.4) is 0 Å². The molecule has 6 heteroatoms. The zero-order valence-corrected chi connectivity index (χ0v) is 17.5. The minimum Gasteiger partial charge on any atom is -0.462 e. The summed E-state index contributed by atoms with van der Waals surface area (Å²) in [5.41, 5.74) is 2.77. The molecule has 2 aromatic carbocycles. The van der Waals surface area contributed by atoms with Crippen LogP contribution >= 0.6 is 0 Å². The summed E-state index contributed by atoms with van der Waals surface area (Å²) in [6.45, 7) is 6.42. The van der Waals surface area contributed by atoms with Crippen LogP contribution in [0, 0.1) is 0 Å². The second-order valence-electron chi connectivity index (χ2n) is 8.15. The Morgan fingerprint density at radius 3 is 2.77 bits per heavy atom. The second kappa shape index (κ2) is 6.29. The number of hydrogen-bond donors (Lipinski definition) is 0. The molecular formula is C24H23N3O3. The van der Waals surface area contributed by atoms with Crippen molar-refractivity contribution in [3.63, 3.8) is 0 Å². The summed E-state index contributed by atoms with van der Waals surface area (Å²) in [4.78, 5) is 24.0. The third-order valence-electron chi connectivity index (χ3n) is 6.29. The van der Waals surface area contributed by atoms with E-state index in [9.17, 15) is 4.79 Å². The molecule has 2 aliphatic heterocycles.